The molecule has 0 heterocycles. The van der Waals surface area contributed by atoms with Gasteiger partial charge in [0.05, 0.1) is 18.7 Å². The number of benzene rings is 2. The molecule has 0 unspecified atom stereocenters. The molecule has 0 aliphatic rings. The maximum absolute atomic E-state index is 12.1. The molecule has 0 fully saturated rings. The number of carbonyl (C=O) groups is 2. The Labute approximate surface area is 166 Å². The van der Waals surface area contributed by atoms with Crippen LogP contribution in [0, 0.1) is 6.92 Å². The summed E-state index contributed by atoms with van der Waals surface area (Å²) >= 11 is 0. The molecule has 28 heavy (non-hydrogen) atoms. The van der Waals surface area contributed by atoms with Gasteiger partial charge in [0.25, 0.3) is 5.91 Å². The first-order chi connectivity index (χ1) is 13.5. The predicted octanol–water partition coefficient (Wildman–Crippen LogP) is 2.09. The largest absolute Gasteiger partial charge is 0.484 e. The summed E-state index contributed by atoms with van der Waals surface area (Å²) in [5.74, 6) is 0.0334. The minimum absolute atomic E-state index is 0.0824. The van der Waals surface area contributed by atoms with Gasteiger partial charge in [0.15, 0.2) is 6.61 Å². The lowest BCUT2D eigenvalue weighted by Crippen LogP contribution is -3.11. The molecule has 0 bridgehead atoms. The number of likely N-dealkylation sites (N-methyl/N-ethyl adjacent to an activating group) is 1. The minimum atomic E-state index is -0.354. The van der Waals surface area contributed by atoms with E-state index >= 15 is 0 Å². The third kappa shape index (κ3) is 7.04. The monoisotopic (exact) mass is 385 g/mol. The minimum Gasteiger partial charge on any atom is -0.484 e. The van der Waals surface area contributed by atoms with Crippen molar-refractivity contribution in [2.75, 3.05) is 38.2 Å². The van der Waals surface area contributed by atoms with E-state index in [1.54, 1.807) is 24.3 Å². The number of anilines is 1. The molecule has 0 spiro atoms. The fourth-order valence-corrected chi connectivity index (χ4v) is 2.72. The number of amides is 1. The van der Waals surface area contributed by atoms with Gasteiger partial charge in [-0.3, -0.25) is 4.79 Å². The van der Waals surface area contributed by atoms with Gasteiger partial charge < -0.3 is 19.7 Å². The van der Waals surface area contributed by atoms with Crippen molar-refractivity contribution in [2.24, 2.45) is 0 Å². The summed E-state index contributed by atoms with van der Waals surface area (Å²) in [4.78, 5) is 25.5. The Morgan fingerprint density at radius 3 is 2.39 bits per heavy atom. The highest BCUT2D eigenvalue weighted by Crippen LogP contribution is 2.13. The van der Waals surface area contributed by atoms with Crippen molar-refractivity contribution in [3.05, 3.63) is 59.7 Å². The molecular weight excluding hydrogens is 356 g/mol. The molecule has 6 heteroatoms. The lowest BCUT2D eigenvalue weighted by atomic mass is 10.2. The summed E-state index contributed by atoms with van der Waals surface area (Å²) in [5.41, 5.74) is 2.13. The SMILES string of the molecule is CC[NH+](CC)CCOC(=O)c1ccc(NC(=O)COc2cccc(C)c2)cc1. The number of nitrogens with one attached hydrogen (secondary N) is 2. The molecule has 0 radical (unpaired) electrons. The number of carbonyl (C=O) groups excluding carboxylic acids is 2. The topological polar surface area (TPSA) is 69.1 Å². The average Bonchev–Trinajstić information content (AvgIpc) is 2.70. The van der Waals surface area contributed by atoms with Crippen LogP contribution in [0.2, 0.25) is 0 Å². The highest BCUT2D eigenvalue weighted by Gasteiger charge is 2.10. The number of hydrogen-bond acceptors (Lipinski definition) is 4. The molecule has 0 aliphatic carbocycles. The van der Waals surface area contributed by atoms with Crippen molar-refractivity contribution in [1.82, 2.24) is 0 Å². The first kappa shape index (κ1) is 21.4. The Morgan fingerprint density at radius 2 is 1.75 bits per heavy atom. The first-order valence-electron chi connectivity index (χ1n) is 9.62. The lowest BCUT2D eigenvalue weighted by molar-refractivity contribution is -0.896. The first-order valence-corrected chi connectivity index (χ1v) is 9.62. The summed E-state index contributed by atoms with van der Waals surface area (Å²) in [7, 11) is 0. The molecule has 0 atom stereocenters. The van der Waals surface area contributed by atoms with Crippen LogP contribution in [-0.4, -0.2) is 44.7 Å². The zero-order chi connectivity index (χ0) is 20.4. The molecular formula is C22H29N2O4+. The molecule has 2 N–H and O–H groups in total. The highest BCUT2D eigenvalue weighted by atomic mass is 16.5. The number of esters is 1. The van der Waals surface area contributed by atoms with Crippen molar-refractivity contribution in [3.63, 3.8) is 0 Å². The second-order valence-corrected chi connectivity index (χ2v) is 6.57. The Hall–Kier alpha value is -2.86. The van der Waals surface area contributed by atoms with Crippen LogP contribution < -0.4 is 15.0 Å². The highest BCUT2D eigenvalue weighted by molar-refractivity contribution is 5.93. The Kier molecular flexibility index (Phi) is 8.49. The van der Waals surface area contributed by atoms with Crippen LogP contribution in [0.1, 0.15) is 29.8 Å². The van der Waals surface area contributed by atoms with Gasteiger partial charge in [0.2, 0.25) is 0 Å². The lowest BCUT2D eigenvalue weighted by Gasteiger charge is -2.15. The molecule has 2 aromatic rings. The summed E-state index contributed by atoms with van der Waals surface area (Å²) in [5, 5.41) is 2.75. The van der Waals surface area contributed by atoms with Gasteiger partial charge in [-0.2, -0.15) is 0 Å². The van der Waals surface area contributed by atoms with Crippen molar-refractivity contribution in [1.29, 1.82) is 0 Å². The van der Waals surface area contributed by atoms with Crippen LogP contribution in [0.15, 0.2) is 48.5 Å². The van der Waals surface area contributed by atoms with Crippen molar-refractivity contribution in [3.8, 4) is 5.75 Å². The van der Waals surface area contributed by atoms with Gasteiger partial charge >= 0.3 is 5.97 Å². The van der Waals surface area contributed by atoms with E-state index in [1.165, 1.54) is 4.90 Å². The predicted molar refractivity (Wildman–Crippen MR) is 109 cm³/mol. The summed E-state index contributed by atoms with van der Waals surface area (Å²) in [6, 6.07) is 14.2. The van der Waals surface area contributed by atoms with Gasteiger partial charge in [-0.25, -0.2) is 4.79 Å². The molecule has 1 amide bonds. The molecule has 6 nitrogen and oxygen atoms in total. The van der Waals surface area contributed by atoms with E-state index in [0.29, 0.717) is 23.6 Å². The fourth-order valence-electron chi connectivity index (χ4n) is 2.72. The van der Waals surface area contributed by atoms with Crippen molar-refractivity contribution < 1.29 is 24.0 Å². The number of hydrogen-bond donors (Lipinski definition) is 2. The summed E-state index contributed by atoms with van der Waals surface area (Å²) in [6.45, 7) is 9.31. The van der Waals surface area contributed by atoms with Crippen LogP contribution in [0.3, 0.4) is 0 Å². The zero-order valence-corrected chi connectivity index (χ0v) is 16.8. The Balaban J connectivity index is 1.78. The van der Waals surface area contributed by atoms with Crippen LogP contribution in [0.5, 0.6) is 5.75 Å². The number of ether oxygens (including phenoxy) is 2. The van der Waals surface area contributed by atoms with Gasteiger partial charge in [0, 0.05) is 5.69 Å². The van der Waals surface area contributed by atoms with E-state index in [1.807, 2.05) is 31.2 Å². The van der Waals surface area contributed by atoms with Gasteiger partial charge in [-0.1, -0.05) is 12.1 Å². The second-order valence-electron chi connectivity index (χ2n) is 6.57. The van der Waals surface area contributed by atoms with E-state index in [4.69, 9.17) is 9.47 Å². The average molecular weight is 385 g/mol. The summed E-state index contributed by atoms with van der Waals surface area (Å²) < 4.78 is 10.8. The van der Waals surface area contributed by atoms with E-state index in [2.05, 4.69) is 19.2 Å². The Morgan fingerprint density at radius 1 is 1.04 bits per heavy atom. The number of rotatable bonds is 10. The molecule has 2 aromatic carbocycles. The normalized spacial score (nSPS) is 10.6. The zero-order valence-electron chi connectivity index (χ0n) is 16.8. The number of quaternary nitrogens is 1. The van der Waals surface area contributed by atoms with E-state index in [-0.39, 0.29) is 18.5 Å². The van der Waals surface area contributed by atoms with Crippen molar-refractivity contribution >= 4 is 17.6 Å². The van der Waals surface area contributed by atoms with E-state index < -0.39 is 0 Å². The number of aryl methyl sites for hydroxylation is 1. The van der Waals surface area contributed by atoms with Crippen LogP contribution in [0.25, 0.3) is 0 Å². The third-order valence-electron chi connectivity index (χ3n) is 4.45. The van der Waals surface area contributed by atoms with Gasteiger partial charge in [0.1, 0.15) is 18.9 Å². The van der Waals surface area contributed by atoms with Crippen molar-refractivity contribution in [2.45, 2.75) is 20.8 Å². The second kappa shape index (κ2) is 11.1. The van der Waals surface area contributed by atoms with E-state index in [0.717, 1.165) is 25.2 Å². The molecule has 0 aromatic heterocycles. The standard InChI is InChI=1S/C22H28N2O4/c1-4-24(5-2)13-14-27-22(26)18-9-11-19(12-10-18)23-21(25)16-28-20-8-6-7-17(3)15-20/h6-12,15H,4-5,13-14,16H2,1-3H3,(H,23,25)/p+1. The quantitative estimate of drug-likeness (QED) is 0.615. The fraction of sp³-hybridized carbons (Fsp3) is 0.364. The van der Waals surface area contributed by atoms with Crippen LogP contribution >= 0.6 is 0 Å². The van der Waals surface area contributed by atoms with Gasteiger partial charge in [-0.15, -0.1) is 0 Å². The van der Waals surface area contributed by atoms with Crippen LogP contribution in [0.4, 0.5) is 5.69 Å². The molecule has 2 rings (SSSR count). The third-order valence-corrected chi connectivity index (χ3v) is 4.45. The Bertz CT molecular complexity index is 770. The van der Waals surface area contributed by atoms with Crippen LogP contribution in [-0.2, 0) is 9.53 Å². The maximum atomic E-state index is 12.1. The smallest absolute Gasteiger partial charge is 0.338 e. The maximum Gasteiger partial charge on any atom is 0.338 e. The van der Waals surface area contributed by atoms with Gasteiger partial charge in [-0.05, 0) is 62.7 Å². The summed E-state index contributed by atoms with van der Waals surface area (Å²) in [6.07, 6.45) is 0. The van der Waals surface area contributed by atoms with E-state index in [9.17, 15) is 9.59 Å². The molecule has 150 valence electrons. The molecule has 0 saturated carbocycles. The molecule has 0 saturated heterocycles. The molecule has 0 aliphatic heterocycles.